The highest BCUT2D eigenvalue weighted by Gasteiger charge is 2.32. The molecular weight excluding hydrogens is 317 g/mol. The van der Waals surface area contributed by atoms with Crippen molar-refractivity contribution in [3.63, 3.8) is 0 Å². The first-order valence-electron chi connectivity index (χ1n) is 6.16. The van der Waals surface area contributed by atoms with Gasteiger partial charge in [-0.3, -0.25) is 0 Å². The van der Waals surface area contributed by atoms with E-state index in [2.05, 4.69) is 20.0 Å². The number of anilines is 1. The predicted octanol–water partition coefficient (Wildman–Crippen LogP) is 3.28. The molecule has 1 aromatic carbocycles. The van der Waals surface area contributed by atoms with Crippen molar-refractivity contribution in [2.24, 2.45) is 10.7 Å². The van der Waals surface area contributed by atoms with Crippen molar-refractivity contribution in [1.82, 2.24) is 4.98 Å². The van der Waals surface area contributed by atoms with Crippen LogP contribution in [0, 0.1) is 6.92 Å². The average Bonchev–Trinajstić information content (AvgIpc) is 2.83. The average molecular weight is 330 g/mol. The summed E-state index contributed by atoms with van der Waals surface area (Å²) >= 11 is 1.47. The second kappa shape index (κ2) is 6.65. The summed E-state index contributed by atoms with van der Waals surface area (Å²) in [6.07, 6.45) is -3.06. The highest BCUT2D eigenvalue weighted by Crippen LogP contribution is 2.29. The van der Waals surface area contributed by atoms with Crippen LogP contribution in [0.1, 0.15) is 9.88 Å². The molecule has 0 atom stereocenters. The zero-order chi connectivity index (χ0) is 16.2. The summed E-state index contributed by atoms with van der Waals surface area (Å²) in [7, 11) is 0. The summed E-state index contributed by atoms with van der Waals surface area (Å²) in [6, 6.07) is 5.59. The number of nitrogens with zero attached hydrogens (tertiary/aromatic N) is 2. The Morgan fingerprint density at radius 3 is 2.77 bits per heavy atom. The second-order valence-electron chi connectivity index (χ2n) is 4.24. The molecule has 9 heteroatoms. The van der Waals surface area contributed by atoms with Crippen LogP contribution in [-0.4, -0.2) is 17.3 Å². The van der Waals surface area contributed by atoms with Gasteiger partial charge in [0, 0.05) is 11.1 Å². The van der Waals surface area contributed by atoms with Gasteiger partial charge in [0.25, 0.3) is 0 Å². The molecule has 0 aliphatic carbocycles. The van der Waals surface area contributed by atoms with Crippen LogP contribution in [0.25, 0.3) is 0 Å². The van der Waals surface area contributed by atoms with Crippen LogP contribution in [0.4, 0.5) is 18.9 Å². The molecule has 2 rings (SSSR count). The van der Waals surface area contributed by atoms with Gasteiger partial charge in [0.15, 0.2) is 11.7 Å². The Labute approximate surface area is 128 Å². The maximum Gasteiger partial charge on any atom is 0.573 e. The van der Waals surface area contributed by atoms with Gasteiger partial charge in [-0.2, -0.15) is 0 Å². The number of aryl methyl sites for hydroxylation is 1. The molecule has 0 aliphatic heterocycles. The van der Waals surface area contributed by atoms with E-state index >= 15 is 0 Å². The largest absolute Gasteiger partial charge is 0.573 e. The third-order valence-electron chi connectivity index (χ3n) is 2.43. The Morgan fingerprint density at radius 1 is 1.41 bits per heavy atom. The van der Waals surface area contributed by atoms with Gasteiger partial charge in [0.1, 0.15) is 5.01 Å². The molecule has 0 unspecified atom stereocenters. The van der Waals surface area contributed by atoms with Gasteiger partial charge in [0.05, 0.1) is 12.2 Å². The molecule has 118 valence electrons. The molecular formula is C13H13F3N4OS. The van der Waals surface area contributed by atoms with Crippen molar-refractivity contribution in [3.8, 4) is 5.75 Å². The molecule has 2 aromatic rings. The molecule has 0 radical (unpaired) electrons. The van der Waals surface area contributed by atoms with Crippen molar-refractivity contribution >= 4 is 23.0 Å². The molecule has 0 bridgehead atoms. The fourth-order valence-electron chi connectivity index (χ4n) is 1.59. The van der Waals surface area contributed by atoms with E-state index < -0.39 is 6.36 Å². The molecule has 1 heterocycles. The first-order chi connectivity index (χ1) is 10.3. The number of rotatable bonds is 4. The van der Waals surface area contributed by atoms with Crippen molar-refractivity contribution in [3.05, 3.63) is 40.3 Å². The van der Waals surface area contributed by atoms with E-state index in [1.54, 1.807) is 12.3 Å². The number of nitrogens with two attached hydrogens (primary N) is 1. The Hall–Kier alpha value is -2.29. The zero-order valence-electron chi connectivity index (χ0n) is 11.5. The number of alkyl halides is 3. The minimum Gasteiger partial charge on any atom is -0.404 e. The lowest BCUT2D eigenvalue weighted by molar-refractivity contribution is -0.274. The van der Waals surface area contributed by atoms with Gasteiger partial charge in [-0.15, -0.1) is 24.5 Å². The van der Waals surface area contributed by atoms with E-state index in [9.17, 15) is 13.2 Å². The summed E-state index contributed by atoms with van der Waals surface area (Å²) in [4.78, 5) is 9.19. The van der Waals surface area contributed by atoms with Gasteiger partial charge in [-0.1, -0.05) is 12.1 Å². The minimum absolute atomic E-state index is 0.0222. The molecule has 22 heavy (non-hydrogen) atoms. The summed E-state index contributed by atoms with van der Waals surface area (Å²) in [5.74, 6) is -0.399. The quantitative estimate of drug-likeness (QED) is 0.666. The molecule has 0 aliphatic rings. The molecule has 0 amide bonds. The van der Waals surface area contributed by atoms with Crippen molar-refractivity contribution in [1.29, 1.82) is 0 Å². The molecule has 5 nitrogen and oxygen atoms in total. The molecule has 0 saturated heterocycles. The maximum absolute atomic E-state index is 12.3. The topological polar surface area (TPSA) is 72.5 Å². The summed E-state index contributed by atoms with van der Waals surface area (Å²) in [6.45, 7) is 2.16. The summed E-state index contributed by atoms with van der Waals surface area (Å²) in [5.41, 5.74) is 5.75. The number of halogens is 3. The third kappa shape index (κ3) is 4.92. The second-order valence-corrected chi connectivity index (χ2v) is 5.55. The number of hydrogen-bond acceptors (Lipinski definition) is 4. The van der Waals surface area contributed by atoms with E-state index in [1.165, 1.54) is 29.5 Å². The molecule has 1 aromatic heterocycles. The first kappa shape index (κ1) is 16.1. The first-order valence-corrected chi connectivity index (χ1v) is 6.98. The zero-order valence-corrected chi connectivity index (χ0v) is 12.3. The van der Waals surface area contributed by atoms with Gasteiger partial charge in [0.2, 0.25) is 0 Å². The van der Waals surface area contributed by atoms with Crippen LogP contribution in [0.5, 0.6) is 5.75 Å². The normalized spacial score (nSPS) is 12.3. The lowest BCUT2D eigenvalue weighted by Crippen LogP contribution is -2.24. The fraction of sp³-hybridized carbons (Fsp3) is 0.231. The molecule has 0 fully saturated rings. The number of aliphatic imine (C=N–C) groups is 1. The number of aromatic nitrogens is 1. The Balaban J connectivity index is 2.06. The van der Waals surface area contributed by atoms with E-state index in [0.717, 1.165) is 9.88 Å². The predicted molar refractivity (Wildman–Crippen MR) is 78.9 cm³/mol. The Bertz CT molecular complexity index is 669. The number of guanidine groups is 1. The van der Waals surface area contributed by atoms with Crippen LogP contribution in [0.2, 0.25) is 0 Å². The third-order valence-corrected chi connectivity index (χ3v) is 3.33. The van der Waals surface area contributed by atoms with Gasteiger partial charge in [-0.05, 0) is 19.1 Å². The number of ether oxygens (including phenoxy) is 1. The maximum atomic E-state index is 12.3. The Kier molecular flexibility index (Phi) is 4.86. The monoisotopic (exact) mass is 330 g/mol. The van der Waals surface area contributed by atoms with Crippen LogP contribution in [0.3, 0.4) is 0 Å². The fourth-order valence-corrected chi connectivity index (χ4v) is 2.30. The van der Waals surface area contributed by atoms with Crippen LogP contribution in [0.15, 0.2) is 35.5 Å². The highest BCUT2D eigenvalue weighted by molar-refractivity contribution is 7.11. The van der Waals surface area contributed by atoms with Crippen LogP contribution >= 0.6 is 11.3 Å². The number of thiazole rings is 1. The molecule has 0 spiro atoms. The van der Waals surface area contributed by atoms with Crippen LogP contribution in [-0.2, 0) is 6.54 Å². The van der Waals surface area contributed by atoms with Crippen LogP contribution < -0.4 is 15.8 Å². The smallest absolute Gasteiger partial charge is 0.404 e. The van der Waals surface area contributed by atoms with Gasteiger partial charge in [-0.25, -0.2) is 9.98 Å². The van der Waals surface area contributed by atoms with Crippen molar-refractivity contribution in [2.45, 2.75) is 19.8 Å². The number of benzene rings is 1. The van der Waals surface area contributed by atoms with Gasteiger partial charge >= 0.3 is 6.36 Å². The van der Waals surface area contributed by atoms with E-state index in [-0.39, 0.29) is 23.9 Å². The number of nitrogens with one attached hydrogen (secondary N) is 1. The molecule has 3 N–H and O–H groups in total. The standard InChI is InChI=1S/C13H13F3N4OS/c1-8-6-18-11(22-8)7-19-12(17)20-9-4-2-3-5-10(9)21-13(14,15)16/h2-6H,7H2,1H3,(H3,17,19,20). The minimum atomic E-state index is -4.78. The number of para-hydroxylation sites is 2. The summed E-state index contributed by atoms with van der Waals surface area (Å²) < 4.78 is 40.9. The lowest BCUT2D eigenvalue weighted by Gasteiger charge is -2.13. The van der Waals surface area contributed by atoms with E-state index in [0.29, 0.717) is 0 Å². The van der Waals surface area contributed by atoms with Gasteiger partial charge < -0.3 is 15.8 Å². The Morgan fingerprint density at radius 2 is 2.14 bits per heavy atom. The van der Waals surface area contributed by atoms with Crippen molar-refractivity contribution in [2.75, 3.05) is 5.32 Å². The summed E-state index contributed by atoms with van der Waals surface area (Å²) in [5, 5.41) is 3.36. The van der Waals surface area contributed by atoms with Crippen molar-refractivity contribution < 1.29 is 17.9 Å². The number of hydrogen-bond donors (Lipinski definition) is 2. The molecule has 0 saturated carbocycles. The lowest BCUT2D eigenvalue weighted by atomic mass is 10.3. The SMILES string of the molecule is Cc1cnc(CN=C(N)Nc2ccccc2OC(F)(F)F)s1. The highest BCUT2D eigenvalue weighted by atomic mass is 32.1. The van der Waals surface area contributed by atoms with E-state index in [4.69, 9.17) is 5.73 Å². The van der Waals surface area contributed by atoms with E-state index in [1.807, 2.05) is 6.92 Å².